The number of nitrogens with one attached hydrogen (secondary N) is 2. The maximum atomic E-state index is 11.9. The Balaban J connectivity index is 2.21. The van der Waals surface area contributed by atoms with Crippen molar-refractivity contribution in [2.45, 2.75) is 30.8 Å². The molecule has 1 heterocycles. The van der Waals surface area contributed by atoms with Crippen molar-refractivity contribution in [3.05, 3.63) is 23.8 Å². The molecule has 3 N–H and O–H groups in total. The topological polar surface area (TPSA) is 105 Å². The molecule has 0 amide bonds. The molecule has 2 rings (SSSR count). The van der Waals surface area contributed by atoms with Crippen LogP contribution < -0.4 is 10.0 Å². The number of sulfonamides is 1. The Morgan fingerprint density at radius 1 is 1.45 bits per heavy atom. The highest BCUT2D eigenvalue weighted by Gasteiger charge is 2.20. The monoisotopic (exact) mass is 328 g/mol. The molecule has 8 heteroatoms. The lowest BCUT2D eigenvalue weighted by Gasteiger charge is -2.14. The highest BCUT2D eigenvalue weighted by atomic mass is 32.2. The molecular formula is C14H20N2O5S. The summed E-state index contributed by atoms with van der Waals surface area (Å²) in [5, 5.41) is 12.3. The predicted molar refractivity (Wildman–Crippen MR) is 81.7 cm³/mol. The van der Waals surface area contributed by atoms with Crippen molar-refractivity contribution in [3.8, 4) is 0 Å². The molecule has 0 bridgehead atoms. The summed E-state index contributed by atoms with van der Waals surface area (Å²) in [6.45, 7) is 3.12. The minimum atomic E-state index is -3.68. The summed E-state index contributed by atoms with van der Waals surface area (Å²) in [7, 11) is -3.68. The van der Waals surface area contributed by atoms with E-state index in [-0.39, 0.29) is 23.1 Å². The summed E-state index contributed by atoms with van der Waals surface area (Å²) in [5.74, 6) is -1.18. The standard InChI is InChI=1S/C14H20N2O5S/c1-2-16-22(19,20)11-5-6-13(12(8-11)14(17)18)15-9-10-4-3-7-21-10/h5-6,8,10,15-16H,2-4,7,9H2,1H3,(H,17,18). The van der Waals surface area contributed by atoms with E-state index in [1.807, 2.05) is 0 Å². The zero-order chi connectivity index (χ0) is 16.2. The number of hydrogen-bond acceptors (Lipinski definition) is 5. The molecule has 0 saturated carbocycles. The molecule has 122 valence electrons. The van der Waals surface area contributed by atoms with Gasteiger partial charge in [0, 0.05) is 25.4 Å². The van der Waals surface area contributed by atoms with Crippen LogP contribution in [0.1, 0.15) is 30.1 Å². The fraction of sp³-hybridized carbons (Fsp3) is 0.500. The first kappa shape index (κ1) is 16.7. The molecule has 22 heavy (non-hydrogen) atoms. The Hall–Kier alpha value is -1.64. The Labute approximate surface area is 129 Å². The summed E-state index contributed by atoms with van der Waals surface area (Å²) in [5.41, 5.74) is 0.315. The first-order valence-corrected chi connectivity index (χ1v) is 8.65. The molecule has 1 aromatic carbocycles. The Bertz CT molecular complexity index is 639. The third-order valence-electron chi connectivity index (χ3n) is 3.41. The first-order chi connectivity index (χ1) is 10.4. The molecule has 1 saturated heterocycles. The van der Waals surface area contributed by atoms with E-state index in [9.17, 15) is 18.3 Å². The maximum absolute atomic E-state index is 11.9. The van der Waals surface area contributed by atoms with Crippen molar-refractivity contribution in [2.24, 2.45) is 0 Å². The molecule has 0 radical (unpaired) electrons. The Morgan fingerprint density at radius 2 is 2.23 bits per heavy atom. The number of rotatable bonds is 7. The fourth-order valence-electron chi connectivity index (χ4n) is 2.32. The number of carbonyl (C=O) groups is 1. The summed E-state index contributed by atoms with van der Waals surface area (Å²) in [4.78, 5) is 11.3. The van der Waals surface area contributed by atoms with E-state index in [1.165, 1.54) is 12.1 Å². The first-order valence-electron chi connectivity index (χ1n) is 7.16. The lowest BCUT2D eigenvalue weighted by Crippen LogP contribution is -2.24. The van der Waals surface area contributed by atoms with Gasteiger partial charge in [0.15, 0.2) is 0 Å². The van der Waals surface area contributed by atoms with Gasteiger partial charge in [0.1, 0.15) is 0 Å². The molecule has 7 nitrogen and oxygen atoms in total. The van der Waals surface area contributed by atoms with Gasteiger partial charge in [0.25, 0.3) is 0 Å². The second kappa shape index (κ2) is 7.08. The van der Waals surface area contributed by atoms with Crippen molar-refractivity contribution >= 4 is 21.7 Å². The van der Waals surface area contributed by atoms with Crippen LogP contribution in [0.3, 0.4) is 0 Å². The SMILES string of the molecule is CCNS(=O)(=O)c1ccc(NCC2CCCO2)c(C(=O)O)c1. The second-order valence-corrected chi connectivity index (χ2v) is 6.80. The lowest BCUT2D eigenvalue weighted by atomic mass is 10.1. The van der Waals surface area contributed by atoms with Gasteiger partial charge in [0.2, 0.25) is 10.0 Å². The van der Waals surface area contributed by atoms with Crippen LogP contribution in [0.2, 0.25) is 0 Å². The van der Waals surface area contributed by atoms with Crippen LogP contribution in [0.25, 0.3) is 0 Å². The molecule has 1 aliphatic rings. The quantitative estimate of drug-likeness (QED) is 0.696. The van der Waals surface area contributed by atoms with E-state index < -0.39 is 16.0 Å². The number of hydrogen-bond donors (Lipinski definition) is 3. The van der Waals surface area contributed by atoms with Gasteiger partial charge in [-0.1, -0.05) is 6.92 Å². The molecule has 1 atom stereocenters. The summed E-state index contributed by atoms with van der Waals surface area (Å²) >= 11 is 0. The molecule has 0 spiro atoms. The number of carboxylic acid groups (broad SMARTS) is 1. The second-order valence-electron chi connectivity index (χ2n) is 5.03. The minimum Gasteiger partial charge on any atom is -0.478 e. The van der Waals surface area contributed by atoms with Crippen molar-refractivity contribution in [3.63, 3.8) is 0 Å². The highest BCUT2D eigenvalue weighted by Crippen LogP contribution is 2.22. The van der Waals surface area contributed by atoms with Crippen LogP contribution in [-0.4, -0.2) is 45.3 Å². The van der Waals surface area contributed by atoms with Gasteiger partial charge in [-0.2, -0.15) is 0 Å². The van der Waals surface area contributed by atoms with E-state index in [1.54, 1.807) is 6.92 Å². The normalized spacial score (nSPS) is 18.3. The third-order valence-corrected chi connectivity index (χ3v) is 4.95. The van der Waals surface area contributed by atoms with E-state index in [0.717, 1.165) is 25.5 Å². The van der Waals surface area contributed by atoms with E-state index >= 15 is 0 Å². The average molecular weight is 328 g/mol. The third kappa shape index (κ3) is 3.96. The largest absolute Gasteiger partial charge is 0.478 e. The zero-order valence-electron chi connectivity index (χ0n) is 12.3. The Morgan fingerprint density at radius 3 is 2.82 bits per heavy atom. The van der Waals surface area contributed by atoms with E-state index in [4.69, 9.17) is 4.74 Å². The number of benzene rings is 1. The molecule has 1 unspecified atom stereocenters. The predicted octanol–water partition coefficient (Wildman–Crippen LogP) is 1.27. The van der Waals surface area contributed by atoms with E-state index in [0.29, 0.717) is 12.2 Å². The fourth-order valence-corrected chi connectivity index (χ4v) is 3.39. The van der Waals surface area contributed by atoms with Gasteiger partial charge in [-0.25, -0.2) is 17.9 Å². The van der Waals surface area contributed by atoms with Crippen LogP contribution >= 0.6 is 0 Å². The van der Waals surface area contributed by atoms with Crippen LogP contribution in [0.4, 0.5) is 5.69 Å². The van der Waals surface area contributed by atoms with Gasteiger partial charge >= 0.3 is 5.97 Å². The van der Waals surface area contributed by atoms with Gasteiger partial charge in [-0.15, -0.1) is 0 Å². The number of aromatic carboxylic acids is 1. The van der Waals surface area contributed by atoms with Gasteiger partial charge in [-0.05, 0) is 31.0 Å². The van der Waals surface area contributed by atoms with Gasteiger partial charge in [0.05, 0.1) is 16.6 Å². The van der Waals surface area contributed by atoms with Crippen LogP contribution in [0.15, 0.2) is 23.1 Å². The summed E-state index contributed by atoms with van der Waals surface area (Å²) < 4.78 is 31.7. The van der Waals surface area contributed by atoms with Crippen LogP contribution in [0, 0.1) is 0 Å². The zero-order valence-corrected chi connectivity index (χ0v) is 13.1. The van der Waals surface area contributed by atoms with Crippen molar-refractivity contribution in [1.82, 2.24) is 4.72 Å². The summed E-state index contributed by atoms with van der Waals surface area (Å²) in [6, 6.07) is 4.03. The molecule has 1 aliphatic heterocycles. The maximum Gasteiger partial charge on any atom is 0.337 e. The van der Waals surface area contributed by atoms with Gasteiger partial charge in [-0.3, -0.25) is 0 Å². The van der Waals surface area contributed by atoms with E-state index in [2.05, 4.69) is 10.0 Å². The van der Waals surface area contributed by atoms with Gasteiger partial charge < -0.3 is 15.2 Å². The molecular weight excluding hydrogens is 308 g/mol. The molecule has 0 aromatic heterocycles. The van der Waals surface area contributed by atoms with Crippen molar-refractivity contribution < 1.29 is 23.1 Å². The van der Waals surface area contributed by atoms with Crippen LogP contribution in [-0.2, 0) is 14.8 Å². The smallest absolute Gasteiger partial charge is 0.337 e. The molecule has 1 fully saturated rings. The number of ether oxygens (including phenoxy) is 1. The Kier molecular flexibility index (Phi) is 5.38. The highest BCUT2D eigenvalue weighted by molar-refractivity contribution is 7.89. The molecule has 0 aliphatic carbocycles. The van der Waals surface area contributed by atoms with Crippen LogP contribution in [0.5, 0.6) is 0 Å². The average Bonchev–Trinajstić information content (AvgIpc) is 2.98. The minimum absolute atomic E-state index is 0.0607. The lowest BCUT2D eigenvalue weighted by molar-refractivity contribution is 0.0697. The van der Waals surface area contributed by atoms with Crippen molar-refractivity contribution in [1.29, 1.82) is 0 Å². The number of anilines is 1. The summed E-state index contributed by atoms with van der Waals surface area (Å²) in [6.07, 6.45) is 1.99. The number of carboxylic acids is 1. The molecule has 1 aromatic rings. The van der Waals surface area contributed by atoms with Crippen molar-refractivity contribution in [2.75, 3.05) is 25.0 Å².